The second-order valence-corrected chi connectivity index (χ2v) is 5.64. The van der Waals surface area contributed by atoms with E-state index in [1.807, 2.05) is 0 Å². The molecule has 0 saturated heterocycles. The first-order valence-corrected chi connectivity index (χ1v) is 7.10. The quantitative estimate of drug-likeness (QED) is 0.895. The Labute approximate surface area is 129 Å². The smallest absolute Gasteiger partial charge is 0.359 e. The van der Waals surface area contributed by atoms with Crippen LogP contribution in [0.2, 0.25) is 5.15 Å². The van der Waals surface area contributed by atoms with Crippen molar-refractivity contribution < 1.29 is 9.90 Å². The van der Waals surface area contributed by atoms with Crippen molar-refractivity contribution in [1.29, 1.82) is 0 Å². The summed E-state index contributed by atoms with van der Waals surface area (Å²) in [5.41, 5.74) is 2.64. The number of rotatable bonds is 3. The van der Waals surface area contributed by atoms with Crippen molar-refractivity contribution in [3.8, 4) is 0 Å². The van der Waals surface area contributed by atoms with Crippen molar-refractivity contribution in [3.05, 3.63) is 46.2 Å². The molecule has 0 aliphatic heterocycles. The molecule has 0 fully saturated rings. The predicted molar refractivity (Wildman–Crippen MR) is 83.0 cm³/mol. The Bertz CT molecular complexity index is 571. The van der Waals surface area contributed by atoms with Crippen LogP contribution in [-0.4, -0.2) is 26.5 Å². The van der Waals surface area contributed by atoms with Crippen molar-refractivity contribution in [3.63, 3.8) is 0 Å². The SMILES string of the molecule is CC(C)c1cccc(C(C)C)c1.O=C(O)c1nn[nH]c1Cl. The first-order valence-electron chi connectivity index (χ1n) is 6.72. The van der Waals surface area contributed by atoms with E-state index < -0.39 is 5.97 Å². The fourth-order valence-electron chi connectivity index (χ4n) is 1.63. The fourth-order valence-corrected chi connectivity index (χ4v) is 1.79. The van der Waals surface area contributed by atoms with Crippen molar-refractivity contribution in [2.24, 2.45) is 0 Å². The van der Waals surface area contributed by atoms with Gasteiger partial charge in [-0.05, 0) is 23.0 Å². The molecule has 1 aromatic heterocycles. The Hall–Kier alpha value is -1.88. The molecule has 0 radical (unpaired) electrons. The molecule has 5 nitrogen and oxygen atoms in total. The molecule has 0 unspecified atom stereocenters. The third kappa shape index (κ3) is 5.19. The van der Waals surface area contributed by atoms with Crippen LogP contribution in [0.4, 0.5) is 0 Å². The number of aromatic nitrogens is 3. The van der Waals surface area contributed by atoms with E-state index in [1.54, 1.807) is 0 Å². The number of H-pyrrole nitrogens is 1. The lowest BCUT2D eigenvalue weighted by Crippen LogP contribution is -1.96. The summed E-state index contributed by atoms with van der Waals surface area (Å²) in [6.45, 7) is 8.94. The third-order valence-electron chi connectivity index (χ3n) is 2.95. The van der Waals surface area contributed by atoms with Crippen molar-refractivity contribution >= 4 is 17.6 Å². The summed E-state index contributed by atoms with van der Waals surface area (Å²) in [6.07, 6.45) is 0. The highest BCUT2D eigenvalue weighted by Crippen LogP contribution is 2.20. The lowest BCUT2D eigenvalue weighted by molar-refractivity contribution is 0.0690. The van der Waals surface area contributed by atoms with Crippen molar-refractivity contribution in [2.75, 3.05) is 0 Å². The molecule has 114 valence electrons. The summed E-state index contributed by atoms with van der Waals surface area (Å²) < 4.78 is 0. The minimum Gasteiger partial charge on any atom is -0.476 e. The Morgan fingerprint density at radius 1 is 1.19 bits per heavy atom. The van der Waals surface area contributed by atoms with Crippen LogP contribution in [-0.2, 0) is 0 Å². The van der Waals surface area contributed by atoms with E-state index in [0.717, 1.165) is 0 Å². The molecule has 1 heterocycles. The van der Waals surface area contributed by atoms with Gasteiger partial charge in [0.05, 0.1) is 0 Å². The number of halogens is 1. The molecule has 6 heteroatoms. The minimum absolute atomic E-state index is 0.0532. The number of hydrogen-bond donors (Lipinski definition) is 2. The van der Waals surface area contributed by atoms with Gasteiger partial charge in [-0.1, -0.05) is 68.8 Å². The summed E-state index contributed by atoms with van der Waals surface area (Å²) in [5.74, 6) is 0.0983. The molecule has 0 saturated carbocycles. The molecule has 1 aromatic carbocycles. The zero-order valence-electron chi connectivity index (χ0n) is 12.6. The van der Waals surface area contributed by atoms with Crippen LogP contribution in [0.3, 0.4) is 0 Å². The molecule has 0 atom stereocenters. The highest BCUT2D eigenvalue weighted by molar-refractivity contribution is 6.31. The van der Waals surface area contributed by atoms with Crippen LogP contribution in [0, 0.1) is 0 Å². The van der Waals surface area contributed by atoms with E-state index in [2.05, 4.69) is 67.4 Å². The molecule has 0 aliphatic rings. The van der Waals surface area contributed by atoms with Gasteiger partial charge in [0.25, 0.3) is 0 Å². The van der Waals surface area contributed by atoms with E-state index in [0.29, 0.717) is 11.8 Å². The predicted octanol–water partition coefficient (Wildman–Crippen LogP) is 4.09. The van der Waals surface area contributed by atoms with Gasteiger partial charge in [0, 0.05) is 0 Å². The van der Waals surface area contributed by atoms with E-state index in [4.69, 9.17) is 16.7 Å². The number of benzene rings is 1. The maximum atomic E-state index is 10.1. The minimum atomic E-state index is -1.19. The standard InChI is InChI=1S/C12H18.C3H2ClN3O2/c1-9(2)11-6-5-7-12(8-11)10(3)4;4-2-1(3(8)9)5-7-6-2/h5-10H,1-4H3;(H,8,9)(H,5,6,7). The Morgan fingerprint density at radius 3 is 2.00 bits per heavy atom. The highest BCUT2D eigenvalue weighted by Gasteiger charge is 2.11. The number of hydrogen-bond acceptors (Lipinski definition) is 3. The average Bonchev–Trinajstić information content (AvgIpc) is 2.86. The zero-order chi connectivity index (χ0) is 16.0. The second kappa shape index (κ2) is 7.78. The topological polar surface area (TPSA) is 78.9 Å². The fraction of sp³-hybridized carbons (Fsp3) is 0.400. The Morgan fingerprint density at radius 2 is 1.71 bits per heavy atom. The average molecular weight is 310 g/mol. The van der Waals surface area contributed by atoms with Crippen LogP contribution in [0.1, 0.15) is 61.1 Å². The number of aromatic carboxylic acids is 1. The largest absolute Gasteiger partial charge is 0.476 e. The lowest BCUT2D eigenvalue weighted by Gasteiger charge is -2.09. The van der Waals surface area contributed by atoms with Gasteiger partial charge in [0.15, 0.2) is 5.15 Å². The summed E-state index contributed by atoms with van der Waals surface area (Å²) in [7, 11) is 0. The molecule has 2 aromatic rings. The van der Waals surface area contributed by atoms with E-state index in [9.17, 15) is 4.79 Å². The van der Waals surface area contributed by atoms with Crippen molar-refractivity contribution in [1.82, 2.24) is 15.4 Å². The Kier molecular flexibility index (Phi) is 6.37. The van der Waals surface area contributed by atoms with E-state index in [1.165, 1.54) is 11.1 Å². The van der Waals surface area contributed by atoms with Crippen LogP contribution in [0.15, 0.2) is 24.3 Å². The normalized spacial score (nSPS) is 10.4. The number of nitrogens with one attached hydrogen (secondary N) is 1. The highest BCUT2D eigenvalue weighted by atomic mass is 35.5. The van der Waals surface area contributed by atoms with Gasteiger partial charge in [0.2, 0.25) is 5.69 Å². The Balaban J connectivity index is 0.000000219. The first kappa shape index (κ1) is 17.2. The third-order valence-corrected chi connectivity index (χ3v) is 3.22. The van der Waals surface area contributed by atoms with E-state index >= 15 is 0 Å². The van der Waals surface area contributed by atoms with Crippen LogP contribution >= 0.6 is 11.6 Å². The summed E-state index contributed by atoms with van der Waals surface area (Å²) in [4.78, 5) is 10.1. The number of aromatic amines is 1. The maximum absolute atomic E-state index is 10.1. The molecule has 21 heavy (non-hydrogen) atoms. The molecule has 0 aliphatic carbocycles. The molecular formula is C15H20ClN3O2. The molecule has 2 rings (SSSR count). The lowest BCUT2D eigenvalue weighted by atomic mass is 9.96. The van der Waals surface area contributed by atoms with Gasteiger partial charge in [-0.2, -0.15) is 0 Å². The zero-order valence-corrected chi connectivity index (χ0v) is 13.3. The van der Waals surface area contributed by atoms with Crippen LogP contribution < -0.4 is 0 Å². The van der Waals surface area contributed by atoms with Crippen LogP contribution in [0.5, 0.6) is 0 Å². The van der Waals surface area contributed by atoms with Gasteiger partial charge in [-0.25, -0.2) is 9.89 Å². The summed E-state index contributed by atoms with van der Waals surface area (Å²) in [6, 6.07) is 8.88. The molecule has 2 N–H and O–H groups in total. The number of carbonyl (C=O) groups is 1. The van der Waals surface area contributed by atoms with Crippen molar-refractivity contribution in [2.45, 2.75) is 39.5 Å². The van der Waals surface area contributed by atoms with Gasteiger partial charge in [-0.15, -0.1) is 5.10 Å². The summed E-state index contributed by atoms with van der Waals surface area (Å²) in [5, 5.41) is 16.7. The molecular weight excluding hydrogens is 290 g/mol. The van der Waals surface area contributed by atoms with Gasteiger partial charge in [0.1, 0.15) is 0 Å². The second-order valence-electron chi connectivity index (χ2n) is 5.26. The van der Waals surface area contributed by atoms with Gasteiger partial charge < -0.3 is 5.11 Å². The number of carboxylic acids is 1. The van der Waals surface area contributed by atoms with E-state index in [-0.39, 0.29) is 10.8 Å². The monoisotopic (exact) mass is 309 g/mol. The number of nitrogens with zero attached hydrogens (tertiary/aromatic N) is 2. The molecule has 0 amide bonds. The maximum Gasteiger partial charge on any atom is 0.359 e. The summed E-state index contributed by atoms with van der Waals surface area (Å²) >= 11 is 5.27. The molecule has 0 spiro atoms. The van der Waals surface area contributed by atoms with Crippen LogP contribution in [0.25, 0.3) is 0 Å². The van der Waals surface area contributed by atoms with Gasteiger partial charge in [-0.3, -0.25) is 0 Å². The van der Waals surface area contributed by atoms with Gasteiger partial charge >= 0.3 is 5.97 Å². The number of carboxylic acid groups (broad SMARTS) is 1. The molecule has 0 bridgehead atoms. The first-order chi connectivity index (χ1) is 9.82.